The Morgan fingerprint density at radius 3 is 2.37 bits per heavy atom. The molecule has 230 valence electrons. The van der Waals surface area contributed by atoms with Gasteiger partial charge in [0.15, 0.2) is 0 Å². The Morgan fingerprint density at radius 2 is 1.74 bits per heavy atom. The quantitative estimate of drug-likeness (QED) is 0.283. The number of amides is 2. The van der Waals surface area contributed by atoms with E-state index in [9.17, 15) is 24.6 Å². The minimum absolute atomic E-state index is 0.0401. The van der Waals surface area contributed by atoms with Crippen LogP contribution in [0.3, 0.4) is 0 Å². The summed E-state index contributed by atoms with van der Waals surface area (Å²) < 4.78 is 7.11. The summed E-state index contributed by atoms with van der Waals surface area (Å²) in [5.74, 6) is -1.37. The van der Waals surface area contributed by atoms with Crippen LogP contribution in [0.5, 0.6) is 0 Å². The molecular formula is C33H42N4O6. The van der Waals surface area contributed by atoms with Gasteiger partial charge in [0.25, 0.3) is 11.8 Å². The summed E-state index contributed by atoms with van der Waals surface area (Å²) in [6.45, 7) is 6.20. The van der Waals surface area contributed by atoms with E-state index in [-0.39, 0.29) is 35.9 Å². The van der Waals surface area contributed by atoms with Crippen molar-refractivity contribution in [2.75, 3.05) is 33.4 Å². The summed E-state index contributed by atoms with van der Waals surface area (Å²) in [6.07, 6.45) is 5.86. The number of aromatic carboxylic acids is 1. The molecule has 2 amide bonds. The molecule has 0 aliphatic carbocycles. The first-order chi connectivity index (χ1) is 20.8. The Kier molecular flexibility index (Phi) is 11.1. The molecular weight excluding hydrogens is 548 g/mol. The van der Waals surface area contributed by atoms with Gasteiger partial charge in [0.2, 0.25) is 0 Å². The second-order valence-electron chi connectivity index (χ2n) is 10.9. The molecule has 0 saturated carbocycles. The molecule has 0 unspecified atom stereocenters. The smallest absolute Gasteiger partial charge is 0.335 e. The number of carboxylic acid groups (broad SMARTS) is 1. The number of carbonyl (C=O) groups is 3. The number of hydrogen-bond donors (Lipinski definition) is 2. The summed E-state index contributed by atoms with van der Waals surface area (Å²) in [5, 5.41) is 20.0. The number of aliphatic hydroxyl groups excluding tert-OH is 1. The molecule has 0 spiro atoms. The van der Waals surface area contributed by atoms with E-state index in [0.29, 0.717) is 44.0 Å². The Morgan fingerprint density at radius 1 is 1.05 bits per heavy atom. The molecule has 1 aliphatic heterocycles. The van der Waals surface area contributed by atoms with E-state index in [4.69, 9.17) is 9.72 Å². The molecule has 10 nitrogen and oxygen atoms in total. The molecule has 1 atom stereocenters. The van der Waals surface area contributed by atoms with Crippen molar-refractivity contribution >= 4 is 17.8 Å². The Labute approximate surface area is 252 Å². The Bertz CT molecular complexity index is 1430. The van der Waals surface area contributed by atoms with Crippen LogP contribution in [0.15, 0.2) is 48.7 Å². The van der Waals surface area contributed by atoms with Gasteiger partial charge in [-0.2, -0.15) is 0 Å². The van der Waals surface area contributed by atoms with Crippen molar-refractivity contribution in [3.8, 4) is 11.4 Å². The van der Waals surface area contributed by atoms with Gasteiger partial charge in [-0.1, -0.05) is 51.0 Å². The molecule has 0 saturated heterocycles. The van der Waals surface area contributed by atoms with Crippen LogP contribution in [0.1, 0.15) is 81.9 Å². The van der Waals surface area contributed by atoms with Crippen LogP contribution < -0.4 is 0 Å². The normalized spacial score (nSPS) is 14.4. The highest BCUT2D eigenvalue weighted by Gasteiger charge is 2.32. The number of imidazole rings is 1. The van der Waals surface area contributed by atoms with Gasteiger partial charge < -0.3 is 29.3 Å². The number of unbranched alkanes of at least 4 members (excludes halogenated alkanes) is 2. The van der Waals surface area contributed by atoms with E-state index in [1.165, 1.54) is 12.1 Å². The highest BCUT2D eigenvalue weighted by Crippen LogP contribution is 2.30. The van der Waals surface area contributed by atoms with Gasteiger partial charge in [0.05, 0.1) is 30.4 Å². The lowest BCUT2D eigenvalue weighted by Crippen LogP contribution is -2.46. The van der Waals surface area contributed by atoms with E-state index in [0.717, 1.165) is 36.8 Å². The van der Waals surface area contributed by atoms with Crippen LogP contribution in [0.2, 0.25) is 0 Å². The van der Waals surface area contributed by atoms with Gasteiger partial charge in [0.1, 0.15) is 11.5 Å². The third kappa shape index (κ3) is 7.32. The fraction of sp³-hybridized carbons (Fsp3) is 0.455. The summed E-state index contributed by atoms with van der Waals surface area (Å²) in [6, 6.07) is 11.7. The number of nitrogens with zero attached hydrogens (tertiary/aromatic N) is 4. The van der Waals surface area contributed by atoms with Crippen LogP contribution in [0.25, 0.3) is 11.4 Å². The zero-order valence-corrected chi connectivity index (χ0v) is 25.3. The monoisotopic (exact) mass is 590 g/mol. The standard InChI is InChI=1S/C33H42N4O6/c1-4-6-14-35(15-7-5-2)32(40)29-21-36(16-17-43-3)30(34-29)27-13-12-24(33(41)42)19-28(27)31(39)37-20-25-11-9-8-10-23(25)18-26(37)22-38/h8-13,19,21,26,38H,4-7,14-18,20,22H2,1-3H3,(H,41,42)/t26-/m0/s1. The van der Waals surface area contributed by atoms with Crippen molar-refractivity contribution in [3.63, 3.8) is 0 Å². The fourth-order valence-electron chi connectivity index (χ4n) is 5.46. The minimum Gasteiger partial charge on any atom is -0.478 e. The highest BCUT2D eigenvalue weighted by molar-refractivity contribution is 6.03. The van der Waals surface area contributed by atoms with Crippen molar-refractivity contribution < 1.29 is 29.3 Å². The Hall–Kier alpha value is -4.02. The first kappa shape index (κ1) is 31.9. The first-order valence-corrected chi connectivity index (χ1v) is 15.0. The van der Waals surface area contributed by atoms with Crippen molar-refractivity contribution in [2.24, 2.45) is 0 Å². The number of fused-ring (bicyclic) bond motifs is 1. The van der Waals surface area contributed by atoms with Crippen molar-refractivity contribution in [2.45, 2.75) is 65.1 Å². The zero-order valence-electron chi connectivity index (χ0n) is 25.3. The number of hydrogen-bond acceptors (Lipinski definition) is 6. The van der Waals surface area contributed by atoms with Crippen molar-refractivity contribution in [1.29, 1.82) is 0 Å². The average molecular weight is 591 g/mol. The number of carboxylic acids is 1. The van der Waals surface area contributed by atoms with Gasteiger partial charge in [-0.15, -0.1) is 0 Å². The largest absolute Gasteiger partial charge is 0.478 e. The average Bonchev–Trinajstić information content (AvgIpc) is 3.46. The number of carbonyl (C=O) groups excluding carboxylic acids is 2. The summed E-state index contributed by atoms with van der Waals surface area (Å²) in [5.41, 5.74) is 2.83. The maximum atomic E-state index is 14.2. The molecule has 2 aromatic carbocycles. The molecule has 4 rings (SSSR count). The minimum atomic E-state index is -1.16. The third-order valence-electron chi connectivity index (χ3n) is 7.95. The van der Waals surface area contributed by atoms with Gasteiger partial charge in [-0.05, 0) is 48.6 Å². The molecule has 10 heteroatoms. The van der Waals surface area contributed by atoms with Crippen LogP contribution in [-0.4, -0.2) is 86.8 Å². The van der Waals surface area contributed by atoms with Crippen LogP contribution >= 0.6 is 0 Å². The van der Waals surface area contributed by atoms with Crippen molar-refractivity contribution in [3.05, 3.63) is 76.6 Å². The molecule has 43 heavy (non-hydrogen) atoms. The third-order valence-corrected chi connectivity index (χ3v) is 7.95. The summed E-state index contributed by atoms with van der Waals surface area (Å²) in [7, 11) is 1.58. The molecule has 2 N–H and O–H groups in total. The number of ether oxygens (including phenoxy) is 1. The lowest BCUT2D eigenvalue weighted by Gasteiger charge is -2.36. The van der Waals surface area contributed by atoms with Gasteiger partial charge >= 0.3 is 5.97 Å². The Balaban J connectivity index is 1.80. The summed E-state index contributed by atoms with van der Waals surface area (Å²) >= 11 is 0. The van der Waals surface area contributed by atoms with Gasteiger partial charge in [0, 0.05) is 45.0 Å². The second kappa shape index (κ2) is 14.9. The summed E-state index contributed by atoms with van der Waals surface area (Å²) in [4.78, 5) is 48.1. The van der Waals surface area contributed by atoms with E-state index in [1.54, 1.807) is 28.8 Å². The van der Waals surface area contributed by atoms with Crippen LogP contribution in [-0.2, 0) is 24.2 Å². The molecule has 0 radical (unpaired) electrons. The number of aromatic nitrogens is 2. The predicted octanol–water partition coefficient (Wildman–Crippen LogP) is 4.50. The number of benzene rings is 2. The predicted molar refractivity (Wildman–Crippen MR) is 163 cm³/mol. The second-order valence-corrected chi connectivity index (χ2v) is 10.9. The van der Waals surface area contributed by atoms with Gasteiger partial charge in [-0.25, -0.2) is 9.78 Å². The van der Waals surface area contributed by atoms with E-state index in [1.807, 2.05) is 29.2 Å². The van der Waals surface area contributed by atoms with E-state index < -0.39 is 17.9 Å². The number of methoxy groups -OCH3 is 1. The highest BCUT2D eigenvalue weighted by atomic mass is 16.5. The molecule has 1 aliphatic rings. The molecule has 2 heterocycles. The maximum Gasteiger partial charge on any atom is 0.335 e. The molecule has 3 aromatic rings. The number of aliphatic hydroxyl groups is 1. The molecule has 0 bridgehead atoms. The van der Waals surface area contributed by atoms with E-state index in [2.05, 4.69) is 13.8 Å². The number of rotatable bonds is 14. The fourth-order valence-corrected chi connectivity index (χ4v) is 5.46. The topological polar surface area (TPSA) is 125 Å². The zero-order chi connectivity index (χ0) is 30.9. The SMILES string of the molecule is CCCCN(CCCC)C(=O)c1cn(CCOC)c(-c2ccc(C(=O)O)cc2C(=O)N2Cc3ccccc3C[C@H]2CO)n1. The maximum absolute atomic E-state index is 14.2. The van der Waals surface area contributed by atoms with Crippen LogP contribution in [0, 0.1) is 0 Å². The van der Waals surface area contributed by atoms with E-state index >= 15 is 0 Å². The lowest BCUT2D eigenvalue weighted by molar-refractivity contribution is 0.0544. The lowest BCUT2D eigenvalue weighted by atomic mass is 9.92. The van der Waals surface area contributed by atoms with Crippen LogP contribution in [0.4, 0.5) is 0 Å². The first-order valence-electron chi connectivity index (χ1n) is 15.0. The molecule has 1 aromatic heterocycles. The molecule has 0 fully saturated rings. The van der Waals surface area contributed by atoms with Gasteiger partial charge in [-0.3, -0.25) is 9.59 Å². The van der Waals surface area contributed by atoms with Crippen molar-refractivity contribution in [1.82, 2.24) is 19.4 Å².